The van der Waals surface area contributed by atoms with Gasteiger partial charge in [-0.15, -0.1) is 0 Å². The molecule has 394 valence electrons. The van der Waals surface area contributed by atoms with Gasteiger partial charge in [0.15, 0.2) is 6.10 Å². The molecule has 0 amide bonds. The fourth-order valence-electron chi connectivity index (χ4n) is 7.73. The molecule has 0 rings (SSSR count). The molecule has 0 aromatic rings. The van der Waals surface area contributed by atoms with Crippen molar-refractivity contribution < 1.29 is 28.6 Å². The molecule has 0 unspecified atom stereocenters. The smallest absolute Gasteiger partial charge is 0.306 e. The summed E-state index contributed by atoms with van der Waals surface area (Å²) < 4.78 is 16.8. The summed E-state index contributed by atoms with van der Waals surface area (Å²) in [5.74, 6) is -1.04. The number of carbonyl (C=O) groups is 3. The molecular weight excluding hydrogens is 853 g/mol. The first-order valence-corrected chi connectivity index (χ1v) is 28.7. The molecule has 6 nitrogen and oxygen atoms in total. The van der Waals surface area contributed by atoms with Gasteiger partial charge in [-0.05, 0) is 96.3 Å². The Labute approximate surface area is 426 Å². The molecule has 0 aliphatic rings. The van der Waals surface area contributed by atoms with Gasteiger partial charge in [0.2, 0.25) is 0 Å². The van der Waals surface area contributed by atoms with Crippen molar-refractivity contribution in [3.05, 3.63) is 97.2 Å². The molecule has 0 fully saturated rings. The predicted octanol–water partition coefficient (Wildman–Crippen LogP) is 19.3. The Balaban J connectivity index is 4.53. The number of hydrogen-bond donors (Lipinski definition) is 0. The van der Waals surface area contributed by atoms with Gasteiger partial charge in [-0.1, -0.05) is 246 Å². The summed E-state index contributed by atoms with van der Waals surface area (Å²) in [7, 11) is 0. The van der Waals surface area contributed by atoms with Crippen LogP contribution in [0.3, 0.4) is 0 Å². The summed E-state index contributed by atoms with van der Waals surface area (Å²) in [5, 5.41) is 0. The minimum absolute atomic E-state index is 0.114. The van der Waals surface area contributed by atoms with E-state index in [0.717, 1.165) is 70.6 Å². The number of ether oxygens (including phenoxy) is 3. The second-order valence-corrected chi connectivity index (χ2v) is 18.8. The number of unbranched alkanes of at least 4 members (excludes halogenated alkanes) is 24. The topological polar surface area (TPSA) is 78.9 Å². The van der Waals surface area contributed by atoms with Gasteiger partial charge in [-0.25, -0.2) is 0 Å². The van der Waals surface area contributed by atoms with Crippen LogP contribution in [0.1, 0.15) is 265 Å². The summed E-state index contributed by atoms with van der Waals surface area (Å²) in [4.78, 5) is 38.1. The average molecular weight is 960 g/mol. The minimum atomic E-state index is -0.827. The van der Waals surface area contributed by atoms with Gasteiger partial charge in [-0.3, -0.25) is 14.4 Å². The van der Waals surface area contributed by atoms with Gasteiger partial charge in [0.05, 0.1) is 0 Å². The zero-order valence-electron chi connectivity index (χ0n) is 45.0. The largest absolute Gasteiger partial charge is 0.462 e. The van der Waals surface area contributed by atoms with E-state index in [1.807, 2.05) is 6.08 Å². The van der Waals surface area contributed by atoms with Crippen LogP contribution in [-0.2, 0) is 28.6 Å². The third-order valence-electron chi connectivity index (χ3n) is 12.1. The molecule has 0 saturated heterocycles. The number of carbonyl (C=O) groups excluding carboxylic acids is 3. The highest BCUT2D eigenvalue weighted by Gasteiger charge is 2.19. The van der Waals surface area contributed by atoms with Gasteiger partial charge in [0.1, 0.15) is 13.2 Å². The van der Waals surface area contributed by atoms with E-state index >= 15 is 0 Å². The maximum atomic E-state index is 12.8. The van der Waals surface area contributed by atoms with Crippen molar-refractivity contribution in [3.63, 3.8) is 0 Å². The maximum Gasteiger partial charge on any atom is 0.306 e. The molecule has 0 aromatic carbocycles. The van der Waals surface area contributed by atoms with Crippen molar-refractivity contribution in [2.45, 2.75) is 271 Å². The maximum absolute atomic E-state index is 12.8. The van der Waals surface area contributed by atoms with Crippen LogP contribution < -0.4 is 0 Å². The number of allylic oxidation sites excluding steroid dienone is 16. The average Bonchev–Trinajstić information content (AvgIpc) is 3.35. The summed E-state index contributed by atoms with van der Waals surface area (Å²) in [6.07, 6.45) is 75.5. The third-order valence-corrected chi connectivity index (χ3v) is 12.1. The lowest BCUT2D eigenvalue weighted by atomic mass is 10.0. The summed E-state index contributed by atoms with van der Waals surface area (Å²) in [6.45, 7) is 6.50. The molecule has 0 radical (unpaired) electrons. The Bertz CT molecular complexity index is 1380. The molecule has 1 atom stereocenters. The van der Waals surface area contributed by atoms with Crippen LogP contribution in [0.15, 0.2) is 97.2 Å². The van der Waals surface area contributed by atoms with Crippen molar-refractivity contribution in [3.8, 4) is 0 Å². The Kier molecular flexibility index (Phi) is 53.9. The Hall–Kier alpha value is -3.67. The van der Waals surface area contributed by atoms with Crippen LogP contribution in [0.4, 0.5) is 0 Å². The number of esters is 3. The van der Waals surface area contributed by atoms with Gasteiger partial charge in [0.25, 0.3) is 0 Å². The zero-order chi connectivity index (χ0) is 50.0. The highest BCUT2D eigenvalue weighted by Crippen LogP contribution is 2.15. The molecule has 0 bridgehead atoms. The van der Waals surface area contributed by atoms with E-state index < -0.39 is 6.10 Å². The van der Waals surface area contributed by atoms with E-state index in [2.05, 4.69) is 112 Å². The first-order chi connectivity index (χ1) is 34.0. The van der Waals surface area contributed by atoms with Crippen molar-refractivity contribution in [1.29, 1.82) is 0 Å². The monoisotopic (exact) mass is 959 g/mol. The van der Waals surface area contributed by atoms with E-state index in [0.29, 0.717) is 19.3 Å². The lowest BCUT2D eigenvalue weighted by molar-refractivity contribution is -0.166. The lowest BCUT2D eigenvalue weighted by Gasteiger charge is -2.18. The van der Waals surface area contributed by atoms with Gasteiger partial charge in [-0.2, -0.15) is 0 Å². The molecule has 0 heterocycles. The lowest BCUT2D eigenvalue weighted by Crippen LogP contribution is -2.30. The summed E-state index contributed by atoms with van der Waals surface area (Å²) in [5.41, 5.74) is 0. The van der Waals surface area contributed by atoms with Crippen LogP contribution in [0, 0.1) is 0 Å². The molecule has 0 aliphatic heterocycles. The van der Waals surface area contributed by atoms with Gasteiger partial charge in [0, 0.05) is 19.3 Å². The second kappa shape index (κ2) is 56.9. The van der Waals surface area contributed by atoms with E-state index in [1.54, 1.807) is 0 Å². The standard InChI is InChI=1S/C63H106O6/c1-4-7-10-13-16-19-22-25-28-30-31-33-36-38-41-44-47-50-53-56-62(65)68-59-60(69-63(66)57-54-51-48-45-42-39-34-27-24-21-18-15-12-9-6-3)58-67-61(64)55-52-49-46-43-40-37-35-32-29-26-23-20-17-14-11-8-5-2/h16,18-19,21,25,27-28,31,33-34,38,41-42,45,47,50,60H,4-15,17,20,22-24,26,29-30,32,35-37,39-40,43-44,46,48-49,51-59H2,1-3H3/b19-16-,21-18-,28-25-,33-31-,34-27-,41-38-,45-42-,50-47-/t60-/m0/s1. The molecule has 0 saturated carbocycles. The molecule has 0 aliphatic carbocycles. The summed E-state index contributed by atoms with van der Waals surface area (Å²) >= 11 is 0. The van der Waals surface area contributed by atoms with Crippen molar-refractivity contribution in [2.24, 2.45) is 0 Å². The Morgan fingerprint density at radius 1 is 0.290 bits per heavy atom. The highest BCUT2D eigenvalue weighted by molar-refractivity contribution is 5.71. The van der Waals surface area contributed by atoms with Crippen LogP contribution in [-0.4, -0.2) is 37.2 Å². The van der Waals surface area contributed by atoms with Gasteiger partial charge >= 0.3 is 17.9 Å². The SMILES string of the molecule is CCCCC/C=C\C/C=C\C/C=C\C/C=C\C/C=C\CCC(=O)OC[C@H](COC(=O)CCCCCCCCCCCCCCCCCCC)OC(=O)CCCC/C=C\C/C=C\C/C=C\CCCCC. The molecule has 0 N–H and O–H groups in total. The van der Waals surface area contributed by atoms with E-state index in [4.69, 9.17) is 14.2 Å². The third kappa shape index (κ3) is 55.1. The minimum Gasteiger partial charge on any atom is -0.462 e. The first kappa shape index (κ1) is 65.3. The van der Waals surface area contributed by atoms with Crippen molar-refractivity contribution >= 4 is 17.9 Å². The molecule has 0 aromatic heterocycles. The molecule has 6 heteroatoms. The van der Waals surface area contributed by atoms with Crippen LogP contribution >= 0.6 is 0 Å². The van der Waals surface area contributed by atoms with Crippen LogP contribution in [0.25, 0.3) is 0 Å². The Morgan fingerprint density at radius 3 is 0.928 bits per heavy atom. The van der Waals surface area contributed by atoms with E-state index in [1.165, 1.54) is 141 Å². The molecule has 69 heavy (non-hydrogen) atoms. The fourth-order valence-corrected chi connectivity index (χ4v) is 7.73. The normalized spacial score (nSPS) is 12.8. The Morgan fingerprint density at radius 2 is 0.551 bits per heavy atom. The van der Waals surface area contributed by atoms with E-state index in [-0.39, 0.29) is 44.0 Å². The molecular formula is C63H106O6. The van der Waals surface area contributed by atoms with Crippen molar-refractivity contribution in [1.82, 2.24) is 0 Å². The van der Waals surface area contributed by atoms with Crippen molar-refractivity contribution in [2.75, 3.05) is 13.2 Å². The zero-order valence-corrected chi connectivity index (χ0v) is 45.0. The second-order valence-electron chi connectivity index (χ2n) is 18.8. The number of hydrogen-bond acceptors (Lipinski definition) is 6. The molecule has 0 spiro atoms. The summed E-state index contributed by atoms with van der Waals surface area (Å²) in [6, 6.07) is 0. The fraction of sp³-hybridized carbons (Fsp3) is 0.698. The van der Waals surface area contributed by atoms with E-state index in [9.17, 15) is 14.4 Å². The predicted molar refractivity (Wildman–Crippen MR) is 297 cm³/mol. The quantitative estimate of drug-likeness (QED) is 0.0262. The van der Waals surface area contributed by atoms with Gasteiger partial charge < -0.3 is 14.2 Å². The van der Waals surface area contributed by atoms with Crippen LogP contribution in [0.5, 0.6) is 0 Å². The number of rotatable bonds is 51. The first-order valence-electron chi connectivity index (χ1n) is 28.7. The highest BCUT2D eigenvalue weighted by atomic mass is 16.6. The van der Waals surface area contributed by atoms with Crippen LogP contribution in [0.2, 0.25) is 0 Å².